The molecule has 0 saturated heterocycles. The molecular formula is C8H20O2SSi. The highest BCUT2D eigenvalue weighted by Crippen LogP contribution is 2.20. The lowest BCUT2D eigenvalue weighted by Crippen LogP contribution is -2.41. The smallest absolute Gasteiger partial charge is 0.185 e. The highest BCUT2D eigenvalue weighted by atomic mass is 32.2. The third kappa shape index (κ3) is 4.38. The second kappa shape index (κ2) is 4.02. The third-order valence-corrected chi connectivity index (χ3v) is 4.34. The molecule has 0 aromatic carbocycles. The summed E-state index contributed by atoms with van der Waals surface area (Å²) in [5.74, 6) is 0.664. The Morgan fingerprint density at radius 2 is 1.75 bits per heavy atom. The second-order valence-electron chi connectivity index (χ2n) is 4.25. The first kappa shape index (κ1) is 12.3. The van der Waals surface area contributed by atoms with E-state index in [4.69, 9.17) is 4.43 Å². The number of hydrogen-bond acceptors (Lipinski definition) is 2. The average molecular weight is 208 g/mol. The molecule has 0 heterocycles. The summed E-state index contributed by atoms with van der Waals surface area (Å²) >= 11 is 0. The Hall–Kier alpha value is 0.327. The van der Waals surface area contributed by atoms with Crippen molar-refractivity contribution >= 4 is 19.1 Å². The molecule has 1 unspecified atom stereocenters. The quantitative estimate of drug-likeness (QED) is 0.663. The third-order valence-electron chi connectivity index (χ3n) is 1.36. The van der Waals surface area contributed by atoms with Crippen LogP contribution in [0.1, 0.15) is 20.8 Å². The maximum Gasteiger partial charge on any atom is 0.185 e. The molecule has 0 rings (SSSR count). The minimum absolute atomic E-state index is 0.473. The summed E-state index contributed by atoms with van der Waals surface area (Å²) in [6.07, 6.45) is 0. The van der Waals surface area contributed by atoms with Gasteiger partial charge in [-0.05, 0) is 33.5 Å². The van der Waals surface area contributed by atoms with Crippen molar-refractivity contribution in [2.75, 3.05) is 5.75 Å². The fourth-order valence-corrected chi connectivity index (χ4v) is 4.42. The van der Waals surface area contributed by atoms with E-state index in [0.717, 1.165) is 0 Å². The summed E-state index contributed by atoms with van der Waals surface area (Å²) in [5.41, 5.74) is 0. The van der Waals surface area contributed by atoms with Crippen molar-refractivity contribution in [1.82, 2.24) is 0 Å². The van der Waals surface area contributed by atoms with Gasteiger partial charge in [0.1, 0.15) is 4.93 Å². The van der Waals surface area contributed by atoms with Gasteiger partial charge >= 0.3 is 0 Å². The van der Waals surface area contributed by atoms with E-state index in [1.807, 2.05) is 20.8 Å². The zero-order valence-electron chi connectivity index (χ0n) is 8.93. The van der Waals surface area contributed by atoms with Gasteiger partial charge in [-0.3, -0.25) is 4.21 Å². The van der Waals surface area contributed by atoms with Crippen molar-refractivity contribution in [3.63, 3.8) is 0 Å². The van der Waals surface area contributed by atoms with Crippen LogP contribution in [0.5, 0.6) is 0 Å². The fraction of sp³-hybridized carbons (Fsp3) is 1.00. The Kier molecular flexibility index (Phi) is 4.13. The first-order valence-electron chi connectivity index (χ1n) is 4.27. The van der Waals surface area contributed by atoms with Crippen LogP contribution in [0.25, 0.3) is 0 Å². The minimum atomic E-state index is -1.56. The Bertz CT molecular complexity index is 172. The first-order valence-corrected chi connectivity index (χ1v) is 9.00. The van der Waals surface area contributed by atoms with Crippen molar-refractivity contribution in [1.29, 1.82) is 0 Å². The van der Waals surface area contributed by atoms with Crippen LogP contribution in [0.15, 0.2) is 0 Å². The van der Waals surface area contributed by atoms with E-state index in [1.165, 1.54) is 0 Å². The molecule has 4 heteroatoms. The van der Waals surface area contributed by atoms with Gasteiger partial charge in [0.2, 0.25) is 0 Å². The van der Waals surface area contributed by atoms with E-state index in [1.54, 1.807) is 0 Å². The van der Waals surface area contributed by atoms with E-state index >= 15 is 0 Å². The van der Waals surface area contributed by atoms with Gasteiger partial charge in [0, 0.05) is 5.75 Å². The predicted molar refractivity (Wildman–Crippen MR) is 57.2 cm³/mol. The molecule has 12 heavy (non-hydrogen) atoms. The molecule has 0 N–H and O–H groups in total. The predicted octanol–water partition coefficient (Wildman–Crippen LogP) is 2.34. The molecule has 0 spiro atoms. The van der Waals surface area contributed by atoms with Crippen LogP contribution in [0.2, 0.25) is 19.6 Å². The van der Waals surface area contributed by atoms with E-state index < -0.39 is 24.1 Å². The van der Waals surface area contributed by atoms with Crippen LogP contribution in [0.4, 0.5) is 0 Å². The monoisotopic (exact) mass is 208 g/mol. The Labute approximate surface area is 79.3 Å². The molecule has 0 bridgehead atoms. The Morgan fingerprint density at radius 3 is 2.00 bits per heavy atom. The standard InChI is InChI=1S/C8H20O2SSi/c1-7-11(9)8(2,3)10-12(4,5)6/h7H2,1-6H3. The maximum atomic E-state index is 11.5. The lowest BCUT2D eigenvalue weighted by molar-refractivity contribution is 0.192. The minimum Gasteiger partial charge on any atom is -0.401 e. The lowest BCUT2D eigenvalue weighted by Gasteiger charge is -2.31. The normalized spacial score (nSPS) is 16.2. The van der Waals surface area contributed by atoms with Gasteiger partial charge in [-0.15, -0.1) is 0 Å². The van der Waals surface area contributed by atoms with Crippen LogP contribution in [0, 0.1) is 0 Å². The Balaban J connectivity index is 4.32. The molecule has 74 valence electrons. The molecule has 0 aliphatic carbocycles. The summed E-state index contributed by atoms with van der Waals surface area (Å²) < 4.78 is 17.3. The van der Waals surface area contributed by atoms with Gasteiger partial charge in [0.25, 0.3) is 0 Å². The molecule has 0 aliphatic heterocycles. The zero-order chi connectivity index (χ0) is 9.99. The number of rotatable bonds is 4. The average Bonchev–Trinajstić information content (AvgIpc) is 1.80. The summed E-state index contributed by atoms with van der Waals surface area (Å²) in [5, 5.41) is 0. The van der Waals surface area contributed by atoms with Crippen LogP contribution >= 0.6 is 0 Å². The summed E-state index contributed by atoms with van der Waals surface area (Å²) in [6.45, 7) is 12.1. The first-order chi connectivity index (χ1) is 5.19. The SMILES string of the molecule is CCS(=O)C(C)(C)O[Si](C)(C)C. The van der Waals surface area contributed by atoms with E-state index in [0.29, 0.717) is 5.75 Å². The molecule has 1 atom stereocenters. The highest BCUT2D eigenvalue weighted by Gasteiger charge is 2.31. The van der Waals surface area contributed by atoms with Crippen LogP contribution in [-0.4, -0.2) is 23.2 Å². The molecule has 0 saturated carbocycles. The maximum absolute atomic E-state index is 11.5. The van der Waals surface area contributed by atoms with Crippen LogP contribution in [-0.2, 0) is 15.2 Å². The summed E-state index contributed by atoms with van der Waals surface area (Å²) in [4.78, 5) is -0.473. The fourth-order valence-electron chi connectivity index (χ4n) is 1.13. The Morgan fingerprint density at radius 1 is 1.33 bits per heavy atom. The van der Waals surface area contributed by atoms with Crippen molar-refractivity contribution < 1.29 is 8.63 Å². The summed E-state index contributed by atoms with van der Waals surface area (Å²) in [7, 11) is -2.44. The summed E-state index contributed by atoms with van der Waals surface area (Å²) in [6, 6.07) is 0. The largest absolute Gasteiger partial charge is 0.401 e. The van der Waals surface area contributed by atoms with Crippen molar-refractivity contribution in [2.45, 2.75) is 45.3 Å². The molecule has 2 nitrogen and oxygen atoms in total. The van der Waals surface area contributed by atoms with Crippen molar-refractivity contribution in [3.05, 3.63) is 0 Å². The van der Waals surface area contributed by atoms with Gasteiger partial charge in [0.05, 0.1) is 10.8 Å². The molecular weight excluding hydrogens is 188 g/mol. The van der Waals surface area contributed by atoms with Gasteiger partial charge < -0.3 is 4.43 Å². The second-order valence-corrected chi connectivity index (χ2v) is 10.9. The molecule has 0 aromatic heterocycles. The topological polar surface area (TPSA) is 26.3 Å². The lowest BCUT2D eigenvalue weighted by atomic mass is 10.5. The molecule has 0 aromatic rings. The van der Waals surface area contributed by atoms with E-state index in [9.17, 15) is 4.21 Å². The van der Waals surface area contributed by atoms with Gasteiger partial charge in [-0.2, -0.15) is 0 Å². The molecule has 0 amide bonds. The number of hydrogen-bond donors (Lipinski definition) is 0. The van der Waals surface area contributed by atoms with Gasteiger partial charge in [-0.1, -0.05) is 6.92 Å². The van der Waals surface area contributed by atoms with Gasteiger partial charge in [0.15, 0.2) is 8.32 Å². The van der Waals surface area contributed by atoms with Crippen molar-refractivity contribution in [3.8, 4) is 0 Å². The molecule has 0 aliphatic rings. The zero-order valence-corrected chi connectivity index (χ0v) is 10.7. The van der Waals surface area contributed by atoms with Crippen LogP contribution in [0.3, 0.4) is 0 Å². The van der Waals surface area contributed by atoms with Crippen LogP contribution < -0.4 is 0 Å². The molecule has 0 fully saturated rings. The van der Waals surface area contributed by atoms with E-state index in [-0.39, 0.29) is 0 Å². The van der Waals surface area contributed by atoms with Crippen molar-refractivity contribution in [2.24, 2.45) is 0 Å². The van der Waals surface area contributed by atoms with E-state index in [2.05, 4.69) is 19.6 Å². The van der Waals surface area contributed by atoms with Gasteiger partial charge in [-0.25, -0.2) is 0 Å². The molecule has 0 radical (unpaired) electrons. The highest BCUT2D eigenvalue weighted by molar-refractivity contribution is 7.86.